The molecule has 0 bridgehead atoms. The number of anilines is 1. The highest BCUT2D eigenvalue weighted by molar-refractivity contribution is 5.91. The summed E-state index contributed by atoms with van der Waals surface area (Å²) < 4.78 is 5.38. The first-order chi connectivity index (χ1) is 12.1. The van der Waals surface area contributed by atoms with Gasteiger partial charge in [0.05, 0.1) is 19.3 Å². The number of benzene rings is 1. The van der Waals surface area contributed by atoms with E-state index in [0.717, 1.165) is 57.8 Å². The van der Waals surface area contributed by atoms with Crippen LogP contribution in [0.3, 0.4) is 0 Å². The number of likely N-dealkylation sites (tertiary alicyclic amines) is 1. The molecule has 0 radical (unpaired) electrons. The summed E-state index contributed by atoms with van der Waals surface area (Å²) in [7, 11) is 0. The van der Waals surface area contributed by atoms with Crippen molar-refractivity contribution < 1.29 is 14.6 Å². The van der Waals surface area contributed by atoms with Crippen molar-refractivity contribution in [3.8, 4) is 0 Å². The van der Waals surface area contributed by atoms with E-state index in [-0.39, 0.29) is 12.0 Å². The summed E-state index contributed by atoms with van der Waals surface area (Å²) in [6, 6.07) is 8.30. The molecule has 136 valence electrons. The number of aliphatic hydroxyl groups excluding tert-OH is 1. The molecule has 2 saturated heterocycles. The molecule has 1 atom stereocenters. The molecule has 2 aliphatic heterocycles. The molecule has 0 spiro atoms. The van der Waals surface area contributed by atoms with Crippen LogP contribution in [0.5, 0.6) is 0 Å². The Morgan fingerprint density at radius 1 is 1.16 bits per heavy atom. The summed E-state index contributed by atoms with van der Waals surface area (Å²) >= 11 is 0. The summed E-state index contributed by atoms with van der Waals surface area (Å²) in [5.74, 6) is 0.377. The van der Waals surface area contributed by atoms with Crippen LogP contribution in [-0.4, -0.2) is 61.4 Å². The summed E-state index contributed by atoms with van der Waals surface area (Å²) in [5, 5.41) is 9.64. The monoisotopic (exact) mass is 344 g/mol. The van der Waals surface area contributed by atoms with E-state index in [0.29, 0.717) is 5.92 Å². The van der Waals surface area contributed by atoms with Gasteiger partial charge in [-0.1, -0.05) is 12.1 Å². The number of carbonyl (C=O) groups excluding carboxylic acids is 1. The minimum atomic E-state index is -0.280. The Bertz CT molecular complexity index is 583. The maximum absolute atomic E-state index is 12.3. The standard InChI is InChI=1S/C20H28N2O3/c1-16(23)18-8-10-22(11-9-18)20(24)7-4-17-2-5-19(6-3-17)21-12-14-25-15-13-21/h2-7,16,18,23H,8-15H2,1H3. The van der Waals surface area contributed by atoms with E-state index >= 15 is 0 Å². The molecule has 3 rings (SSSR count). The number of morpholine rings is 1. The molecule has 0 saturated carbocycles. The van der Waals surface area contributed by atoms with Crippen LogP contribution in [-0.2, 0) is 9.53 Å². The zero-order chi connectivity index (χ0) is 17.6. The van der Waals surface area contributed by atoms with Gasteiger partial charge in [-0.3, -0.25) is 4.79 Å². The number of hydrogen-bond acceptors (Lipinski definition) is 4. The average molecular weight is 344 g/mol. The van der Waals surface area contributed by atoms with Gasteiger partial charge in [-0.25, -0.2) is 0 Å². The topological polar surface area (TPSA) is 53.0 Å². The first-order valence-electron chi connectivity index (χ1n) is 9.21. The quantitative estimate of drug-likeness (QED) is 0.851. The lowest BCUT2D eigenvalue weighted by Gasteiger charge is -2.32. The third-order valence-corrected chi connectivity index (χ3v) is 5.22. The molecule has 2 heterocycles. The number of piperidine rings is 1. The first kappa shape index (κ1) is 18.0. The summed E-state index contributed by atoms with van der Waals surface area (Å²) in [5.41, 5.74) is 2.23. The van der Waals surface area contributed by atoms with Crippen LogP contribution < -0.4 is 4.90 Å². The van der Waals surface area contributed by atoms with Crippen molar-refractivity contribution in [2.24, 2.45) is 5.92 Å². The number of carbonyl (C=O) groups is 1. The van der Waals surface area contributed by atoms with Crippen molar-refractivity contribution in [3.63, 3.8) is 0 Å². The van der Waals surface area contributed by atoms with Gasteiger partial charge >= 0.3 is 0 Å². The van der Waals surface area contributed by atoms with Crippen LogP contribution in [0.15, 0.2) is 30.3 Å². The largest absolute Gasteiger partial charge is 0.393 e. The first-order valence-corrected chi connectivity index (χ1v) is 9.21. The molecular formula is C20H28N2O3. The highest BCUT2D eigenvalue weighted by atomic mass is 16.5. The van der Waals surface area contributed by atoms with E-state index in [2.05, 4.69) is 17.0 Å². The lowest BCUT2D eigenvalue weighted by atomic mass is 9.92. The van der Waals surface area contributed by atoms with E-state index in [1.165, 1.54) is 5.69 Å². The second-order valence-corrected chi connectivity index (χ2v) is 6.93. The van der Waals surface area contributed by atoms with Gasteiger partial charge in [0.15, 0.2) is 0 Å². The van der Waals surface area contributed by atoms with Crippen LogP contribution >= 0.6 is 0 Å². The van der Waals surface area contributed by atoms with Crippen LogP contribution in [0.25, 0.3) is 6.08 Å². The van der Waals surface area contributed by atoms with Crippen molar-refractivity contribution in [1.29, 1.82) is 0 Å². The predicted octanol–water partition coefficient (Wildman–Crippen LogP) is 2.16. The van der Waals surface area contributed by atoms with Crippen molar-refractivity contribution in [3.05, 3.63) is 35.9 Å². The van der Waals surface area contributed by atoms with E-state index in [1.54, 1.807) is 6.08 Å². The van der Waals surface area contributed by atoms with Gasteiger partial charge in [0.1, 0.15) is 0 Å². The summed E-state index contributed by atoms with van der Waals surface area (Å²) in [4.78, 5) is 16.5. The fourth-order valence-corrected chi connectivity index (χ4v) is 3.49. The maximum Gasteiger partial charge on any atom is 0.246 e. The van der Waals surface area contributed by atoms with Gasteiger partial charge in [0, 0.05) is 37.9 Å². The molecule has 5 nitrogen and oxygen atoms in total. The van der Waals surface area contributed by atoms with Crippen molar-refractivity contribution in [2.45, 2.75) is 25.9 Å². The smallest absolute Gasteiger partial charge is 0.246 e. The third-order valence-electron chi connectivity index (χ3n) is 5.22. The van der Waals surface area contributed by atoms with Gasteiger partial charge in [-0.2, -0.15) is 0 Å². The third kappa shape index (κ3) is 4.83. The number of hydrogen-bond donors (Lipinski definition) is 1. The Labute approximate surface area is 149 Å². The molecular weight excluding hydrogens is 316 g/mol. The summed E-state index contributed by atoms with van der Waals surface area (Å²) in [6.07, 6.45) is 5.02. The fraction of sp³-hybridized carbons (Fsp3) is 0.550. The second-order valence-electron chi connectivity index (χ2n) is 6.93. The molecule has 1 N–H and O–H groups in total. The van der Waals surface area contributed by atoms with Gasteiger partial charge in [0.25, 0.3) is 0 Å². The molecule has 0 aliphatic carbocycles. The van der Waals surface area contributed by atoms with Gasteiger partial charge < -0.3 is 19.6 Å². The minimum Gasteiger partial charge on any atom is -0.393 e. The molecule has 5 heteroatoms. The van der Waals surface area contributed by atoms with E-state index in [1.807, 2.05) is 30.0 Å². The SMILES string of the molecule is CC(O)C1CCN(C(=O)C=Cc2ccc(N3CCOCC3)cc2)CC1. The predicted molar refractivity (Wildman–Crippen MR) is 99.5 cm³/mol. The van der Waals surface area contributed by atoms with Gasteiger partial charge in [-0.05, 0) is 49.5 Å². The number of aliphatic hydroxyl groups is 1. The normalized spacial score (nSPS) is 20.9. The Morgan fingerprint density at radius 3 is 2.40 bits per heavy atom. The zero-order valence-electron chi connectivity index (χ0n) is 14.9. The number of ether oxygens (including phenoxy) is 1. The Balaban J connectivity index is 1.52. The van der Waals surface area contributed by atoms with Crippen molar-refractivity contribution in [1.82, 2.24) is 4.90 Å². The van der Waals surface area contributed by atoms with E-state index in [4.69, 9.17) is 4.74 Å². The number of rotatable bonds is 4. The molecule has 2 fully saturated rings. The minimum absolute atomic E-state index is 0.0568. The van der Waals surface area contributed by atoms with Crippen molar-refractivity contribution in [2.75, 3.05) is 44.3 Å². The molecule has 1 aromatic carbocycles. The van der Waals surface area contributed by atoms with Gasteiger partial charge in [0.2, 0.25) is 5.91 Å². The van der Waals surface area contributed by atoms with Crippen LogP contribution in [0.4, 0.5) is 5.69 Å². The summed E-state index contributed by atoms with van der Waals surface area (Å²) in [6.45, 7) is 6.71. The number of amides is 1. The van der Waals surface area contributed by atoms with Crippen LogP contribution in [0.2, 0.25) is 0 Å². The van der Waals surface area contributed by atoms with E-state index in [9.17, 15) is 9.90 Å². The van der Waals surface area contributed by atoms with Crippen LogP contribution in [0.1, 0.15) is 25.3 Å². The lowest BCUT2D eigenvalue weighted by molar-refractivity contribution is -0.127. The molecule has 25 heavy (non-hydrogen) atoms. The molecule has 2 aliphatic rings. The maximum atomic E-state index is 12.3. The van der Waals surface area contributed by atoms with E-state index < -0.39 is 0 Å². The molecule has 1 aromatic rings. The Morgan fingerprint density at radius 2 is 1.80 bits per heavy atom. The van der Waals surface area contributed by atoms with Gasteiger partial charge in [-0.15, -0.1) is 0 Å². The average Bonchev–Trinajstić information content (AvgIpc) is 2.67. The Hall–Kier alpha value is -1.85. The second kappa shape index (κ2) is 8.50. The van der Waals surface area contributed by atoms with Crippen molar-refractivity contribution >= 4 is 17.7 Å². The zero-order valence-corrected chi connectivity index (χ0v) is 14.9. The molecule has 1 unspecified atom stereocenters. The number of nitrogens with zero attached hydrogens (tertiary/aromatic N) is 2. The highest BCUT2D eigenvalue weighted by Gasteiger charge is 2.24. The lowest BCUT2D eigenvalue weighted by Crippen LogP contribution is -2.39. The molecule has 1 amide bonds. The Kier molecular flexibility index (Phi) is 6.10. The highest BCUT2D eigenvalue weighted by Crippen LogP contribution is 2.21. The fourth-order valence-electron chi connectivity index (χ4n) is 3.49. The molecule has 0 aromatic heterocycles. The van der Waals surface area contributed by atoms with Crippen LogP contribution in [0, 0.1) is 5.92 Å².